The van der Waals surface area contributed by atoms with Crippen LogP contribution in [0, 0.1) is 0 Å². The van der Waals surface area contributed by atoms with Crippen LogP contribution < -0.4 is 5.32 Å². The molecule has 0 fully saturated rings. The summed E-state index contributed by atoms with van der Waals surface area (Å²) in [5, 5.41) is 3.13. The molecule has 0 saturated carbocycles. The fraction of sp³-hybridized carbons (Fsp3) is 0.194. The van der Waals surface area contributed by atoms with Gasteiger partial charge in [-0.2, -0.15) is 0 Å². The number of nitrogens with zero attached hydrogens (tertiary/aromatic N) is 1. The van der Waals surface area contributed by atoms with Crippen molar-refractivity contribution in [3.8, 4) is 0 Å². The van der Waals surface area contributed by atoms with Gasteiger partial charge >= 0.3 is 5.97 Å². The number of nitrogens with one attached hydrogen (secondary N) is 1. The Kier molecular flexibility index (Phi) is 8.85. The van der Waals surface area contributed by atoms with Gasteiger partial charge in [0, 0.05) is 36.7 Å². The molecule has 2 heterocycles. The van der Waals surface area contributed by atoms with Crippen LogP contribution in [0.3, 0.4) is 0 Å². The topological polar surface area (TPSA) is 123 Å². The highest BCUT2D eigenvalue weighted by molar-refractivity contribution is 7.90. The second kappa shape index (κ2) is 13.8. The first-order valence-corrected chi connectivity index (χ1v) is 17.5. The minimum atomic E-state index is -3.55. The molecule has 1 aliphatic heterocycles. The maximum atomic E-state index is 13.8. The molecule has 6 rings (SSSR count). The number of benzene rings is 4. The summed E-state index contributed by atoms with van der Waals surface area (Å²) in [7, 11) is -3.55. The van der Waals surface area contributed by atoms with Gasteiger partial charge in [-0.15, -0.1) is 0 Å². The summed E-state index contributed by atoms with van der Waals surface area (Å²) >= 11 is 13.4. The van der Waals surface area contributed by atoms with Crippen molar-refractivity contribution in [2.24, 2.45) is 0 Å². The molecular formula is C36H30Cl2N2O7S. The first-order chi connectivity index (χ1) is 23.7. The highest BCUT2D eigenvalue weighted by atomic mass is 35.5. The van der Waals surface area contributed by atoms with Gasteiger partial charge in [0.1, 0.15) is 18.2 Å². The number of fused-ring (bicyclic) bond motifs is 2. The number of sulfone groups is 1. The zero-order valence-electron chi connectivity index (χ0n) is 27.5. The molecule has 1 N–H and O–H groups in total. The largest absolute Gasteiger partial charge is 0.464 e. The van der Waals surface area contributed by atoms with Crippen molar-refractivity contribution in [2.45, 2.75) is 36.9 Å². The van der Waals surface area contributed by atoms with Crippen LogP contribution in [0.15, 0.2) is 101 Å². The van der Waals surface area contributed by atoms with Crippen LogP contribution in [0.5, 0.6) is 0 Å². The number of halogens is 2. The third-order valence-corrected chi connectivity index (χ3v) is 9.74. The average molecular weight is 708 g/mol. The van der Waals surface area contributed by atoms with E-state index >= 15 is 0 Å². The maximum absolute atomic E-state index is 13.8. The molecular weight excluding hydrogens is 675 g/mol. The van der Waals surface area contributed by atoms with Crippen LogP contribution >= 0.6 is 23.2 Å². The van der Waals surface area contributed by atoms with Gasteiger partial charge < -0.3 is 19.4 Å². The summed E-state index contributed by atoms with van der Waals surface area (Å²) in [6.45, 7) is -2.47. The predicted molar refractivity (Wildman–Crippen MR) is 182 cm³/mol. The van der Waals surface area contributed by atoms with E-state index in [0.717, 1.165) is 16.5 Å². The highest BCUT2D eigenvalue weighted by Gasteiger charge is 2.30. The van der Waals surface area contributed by atoms with Crippen LogP contribution in [0.1, 0.15) is 45.7 Å². The number of ether oxygens (including phenoxy) is 1. The van der Waals surface area contributed by atoms with Gasteiger partial charge in [0.2, 0.25) is 0 Å². The van der Waals surface area contributed by atoms with Crippen LogP contribution in [0.4, 0.5) is 0 Å². The monoisotopic (exact) mass is 706 g/mol. The van der Waals surface area contributed by atoms with E-state index in [1.54, 1.807) is 54.6 Å². The van der Waals surface area contributed by atoms with Crippen LogP contribution in [-0.2, 0) is 45.3 Å². The summed E-state index contributed by atoms with van der Waals surface area (Å²) in [6.07, 6.45) is 2.56. The van der Waals surface area contributed by atoms with Crippen molar-refractivity contribution in [2.75, 3.05) is 12.8 Å². The lowest BCUT2D eigenvalue weighted by atomic mass is 9.95. The zero-order valence-corrected chi connectivity index (χ0v) is 27.9. The zero-order chi connectivity index (χ0) is 35.8. The van der Waals surface area contributed by atoms with Crippen LogP contribution in [-0.4, -0.2) is 49.9 Å². The van der Waals surface area contributed by atoms with Gasteiger partial charge in [0.25, 0.3) is 11.8 Å². The van der Waals surface area contributed by atoms with Gasteiger partial charge in [-0.25, -0.2) is 13.2 Å². The number of hydrogen-bond donors (Lipinski definition) is 1. The van der Waals surface area contributed by atoms with Gasteiger partial charge in [-0.05, 0) is 65.1 Å². The molecule has 2 amide bonds. The Morgan fingerprint density at radius 1 is 1.00 bits per heavy atom. The van der Waals surface area contributed by atoms with Crippen molar-refractivity contribution in [1.82, 2.24) is 10.2 Å². The van der Waals surface area contributed by atoms with Gasteiger partial charge in [-0.1, -0.05) is 71.7 Å². The van der Waals surface area contributed by atoms with E-state index in [-0.39, 0.29) is 57.6 Å². The first kappa shape index (κ1) is 30.7. The molecule has 0 saturated heterocycles. The quantitative estimate of drug-likeness (QED) is 0.175. The number of amides is 2. The first-order valence-electron chi connectivity index (χ1n) is 15.8. The maximum Gasteiger partial charge on any atom is 0.329 e. The minimum Gasteiger partial charge on any atom is -0.464 e. The van der Waals surface area contributed by atoms with Crippen molar-refractivity contribution in [1.29, 1.82) is 0 Å². The second-order valence-corrected chi connectivity index (χ2v) is 14.1. The van der Waals surface area contributed by atoms with Crippen molar-refractivity contribution in [3.05, 3.63) is 135 Å². The molecule has 1 aliphatic rings. The Balaban J connectivity index is 1.28. The van der Waals surface area contributed by atoms with E-state index in [2.05, 4.69) is 5.32 Å². The van der Waals surface area contributed by atoms with Crippen molar-refractivity contribution < 1.29 is 34.7 Å². The summed E-state index contributed by atoms with van der Waals surface area (Å²) in [6, 6.07) is 21.5. The molecule has 1 atom stereocenters. The normalized spacial score (nSPS) is 15.2. The third-order valence-electron chi connectivity index (χ3n) is 7.92. The number of esters is 1. The van der Waals surface area contributed by atoms with Gasteiger partial charge in [-0.3, -0.25) is 9.59 Å². The number of hydrogen-bond acceptors (Lipinski definition) is 7. The fourth-order valence-electron chi connectivity index (χ4n) is 5.42. The van der Waals surface area contributed by atoms with Crippen molar-refractivity contribution in [3.63, 3.8) is 0 Å². The molecule has 0 radical (unpaired) electrons. The Morgan fingerprint density at radius 2 is 1.77 bits per heavy atom. The molecule has 0 aliphatic carbocycles. The van der Waals surface area contributed by atoms with E-state index in [1.807, 2.05) is 6.07 Å². The molecule has 4 aromatic carbocycles. The lowest BCUT2D eigenvalue weighted by Crippen LogP contribution is -2.43. The summed E-state index contributed by atoms with van der Waals surface area (Å²) in [5.74, 6) is -2.17. The molecule has 5 aromatic rings. The standard InChI is InChI=1S/C36H30Cl2N2O7S/c1-48(44,45)27-9-5-8-23(16-27)17-30(36(43)47-21-22-6-3-2-4-7-22)39-34(41)32-29(37)18-26-20-40(14-12-28(26)33(32)38)35(42)25-11-10-24-13-15-46-31(24)19-25/h2-11,13,15-16,18-19,30H,12,14,17,20-21H2,1H3,(H,39,41)/t30-/m0/s1/i20D2. The minimum absolute atomic E-state index is 0.0270. The summed E-state index contributed by atoms with van der Waals surface area (Å²) < 4.78 is 53.2. The Morgan fingerprint density at radius 3 is 2.54 bits per heavy atom. The van der Waals surface area contributed by atoms with Crippen LogP contribution in [0.2, 0.25) is 10.0 Å². The molecule has 48 heavy (non-hydrogen) atoms. The van der Waals surface area contributed by atoms with E-state index < -0.39 is 40.2 Å². The summed E-state index contributed by atoms with van der Waals surface area (Å²) in [4.78, 5) is 41.9. The fourth-order valence-corrected chi connectivity index (χ4v) is 6.84. The summed E-state index contributed by atoms with van der Waals surface area (Å²) in [5.41, 5.74) is 2.02. The molecule has 0 spiro atoms. The number of furan rings is 1. The SMILES string of the molecule is [2H]C1([2H])c2cc(Cl)c(C(=O)N[C@@H](Cc3cccc(S(C)(=O)=O)c3)C(=O)OCc3ccccc3)c(Cl)c2CCN1C(=O)c1ccc2ccoc2c1. The number of rotatable bonds is 9. The van der Waals surface area contributed by atoms with E-state index in [4.69, 9.17) is 35.1 Å². The lowest BCUT2D eigenvalue weighted by molar-refractivity contribution is -0.147. The molecule has 0 unspecified atom stereocenters. The molecule has 9 nitrogen and oxygen atoms in total. The van der Waals surface area contributed by atoms with Crippen molar-refractivity contribution >= 4 is 61.8 Å². The Bertz CT molecular complexity index is 2240. The average Bonchev–Trinajstić information content (AvgIpc) is 3.55. The van der Waals surface area contributed by atoms with Crippen LogP contribution in [0.25, 0.3) is 11.0 Å². The lowest BCUT2D eigenvalue weighted by Gasteiger charge is -2.30. The van der Waals surface area contributed by atoms with E-state index in [9.17, 15) is 22.8 Å². The Hall–Kier alpha value is -4.64. The van der Waals surface area contributed by atoms with E-state index in [0.29, 0.717) is 22.3 Å². The number of carbonyl (C=O) groups excluding carboxylic acids is 3. The molecule has 1 aromatic heterocycles. The number of carbonyl (C=O) groups is 3. The van der Waals surface area contributed by atoms with Gasteiger partial charge in [0.05, 0.1) is 29.5 Å². The van der Waals surface area contributed by atoms with Gasteiger partial charge in [0.15, 0.2) is 9.84 Å². The predicted octanol–water partition coefficient (Wildman–Crippen LogP) is 6.43. The van der Waals surface area contributed by atoms with E-state index in [1.165, 1.54) is 30.5 Å². The molecule has 246 valence electrons. The highest BCUT2D eigenvalue weighted by Crippen LogP contribution is 2.35. The second-order valence-electron chi connectivity index (χ2n) is 11.3. The Labute approximate surface area is 290 Å². The third kappa shape index (κ3) is 7.26. The smallest absolute Gasteiger partial charge is 0.329 e. The molecule has 0 bridgehead atoms. The molecule has 12 heteroatoms.